The second-order valence-corrected chi connectivity index (χ2v) is 9.00. The van der Waals surface area contributed by atoms with Crippen LogP contribution in [-0.4, -0.2) is 9.49 Å². The van der Waals surface area contributed by atoms with Crippen LogP contribution in [0.1, 0.15) is 42.0 Å². The summed E-state index contributed by atoms with van der Waals surface area (Å²) in [6, 6.07) is 19.1. The summed E-state index contributed by atoms with van der Waals surface area (Å²) < 4.78 is 2.38. The first kappa shape index (κ1) is 19.1. The van der Waals surface area contributed by atoms with Crippen LogP contribution in [0.5, 0.6) is 0 Å². The molecule has 3 unspecified atom stereocenters. The number of anilines is 1. The zero-order valence-corrected chi connectivity index (χ0v) is 18.2. The van der Waals surface area contributed by atoms with Crippen molar-refractivity contribution in [3.63, 3.8) is 0 Å². The van der Waals surface area contributed by atoms with Crippen molar-refractivity contribution in [2.75, 3.05) is 5.32 Å². The SMILES string of the molecule is CCn1c2ccccc2c2cc(C3Nc4c(C)cc([N+](=O)[O-])cc4C4C=CCC43)ccc21. The fourth-order valence-electron chi connectivity index (χ4n) is 5.91. The molecule has 0 spiro atoms. The highest BCUT2D eigenvalue weighted by molar-refractivity contribution is 6.08. The maximum absolute atomic E-state index is 11.4. The Balaban J connectivity index is 1.51. The van der Waals surface area contributed by atoms with E-state index in [-0.39, 0.29) is 22.6 Å². The zero-order valence-electron chi connectivity index (χ0n) is 18.2. The molecule has 5 heteroatoms. The molecule has 2 aliphatic rings. The van der Waals surface area contributed by atoms with Crippen molar-refractivity contribution in [1.29, 1.82) is 0 Å². The molecule has 0 saturated heterocycles. The second kappa shape index (κ2) is 6.95. The summed E-state index contributed by atoms with van der Waals surface area (Å²) in [7, 11) is 0. The third-order valence-electron chi connectivity index (χ3n) is 7.33. The van der Waals surface area contributed by atoms with Gasteiger partial charge in [0.05, 0.1) is 11.0 Å². The first-order valence-electron chi connectivity index (χ1n) is 11.3. The van der Waals surface area contributed by atoms with E-state index in [1.807, 2.05) is 6.92 Å². The number of nitro benzene ring substituents is 1. The Labute approximate surface area is 186 Å². The number of aromatic nitrogens is 1. The smallest absolute Gasteiger partial charge is 0.270 e. The Hall–Kier alpha value is -3.60. The third-order valence-corrected chi connectivity index (χ3v) is 7.33. The predicted molar refractivity (Wildman–Crippen MR) is 129 cm³/mol. The molecule has 3 atom stereocenters. The van der Waals surface area contributed by atoms with Gasteiger partial charge >= 0.3 is 0 Å². The van der Waals surface area contributed by atoms with E-state index in [0.29, 0.717) is 5.92 Å². The van der Waals surface area contributed by atoms with E-state index >= 15 is 0 Å². The molecule has 1 aliphatic heterocycles. The summed E-state index contributed by atoms with van der Waals surface area (Å²) in [5, 5.41) is 17.8. The maximum atomic E-state index is 11.4. The van der Waals surface area contributed by atoms with E-state index in [1.54, 1.807) is 12.1 Å². The lowest BCUT2D eigenvalue weighted by Crippen LogP contribution is -2.29. The van der Waals surface area contributed by atoms with Gasteiger partial charge in [-0.1, -0.05) is 36.4 Å². The van der Waals surface area contributed by atoms with E-state index in [4.69, 9.17) is 0 Å². The Kier molecular flexibility index (Phi) is 4.15. The summed E-state index contributed by atoms with van der Waals surface area (Å²) in [5.74, 6) is 0.545. The summed E-state index contributed by atoms with van der Waals surface area (Å²) in [6.45, 7) is 5.09. The number of hydrogen-bond acceptors (Lipinski definition) is 3. The molecule has 0 amide bonds. The lowest BCUT2D eigenvalue weighted by atomic mass is 9.76. The van der Waals surface area contributed by atoms with E-state index in [2.05, 4.69) is 71.4 Å². The monoisotopic (exact) mass is 423 g/mol. The normalized spacial score (nSPS) is 21.5. The van der Waals surface area contributed by atoms with Gasteiger partial charge in [-0.25, -0.2) is 0 Å². The summed E-state index contributed by atoms with van der Waals surface area (Å²) in [4.78, 5) is 11.2. The van der Waals surface area contributed by atoms with Crippen molar-refractivity contribution < 1.29 is 4.92 Å². The number of hydrogen-bond donors (Lipinski definition) is 1. The lowest BCUT2D eigenvalue weighted by Gasteiger charge is -2.38. The maximum Gasteiger partial charge on any atom is 0.270 e. The van der Waals surface area contributed by atoms with Crippen LogP contribution < -0.4 is 5.32 Å². The number of nitrogens with one attached hydrogen (secondary N) is 1. The van der Waals surface area contributed by atoms with Crippen LogP contribution in [-0.2, 0) is 6.54 Å². The fraction of sp³-hybridized carbons (Fsp3) is 0.259. The van der Waals surface area contributed by atoms with Crippen LogP contribution >= 0.6 is 0 Å². The van der Waals surface area contributed by atoms with Crippen molar-refractivity contribution in [1.82, 2.24) is 4.57 Å². The first-order chi connectivity index (χ1) is 15.6. The topological polar surface area (TPSA) is 60.1 Å². The molecule has 2 heterocycles. The minimum atomic E-state index is -0.287. The predicted octanol–water partition coefficient (Wildman–Crippen LogP) is 6.86. The van der Waals surface area contributed by atoms with Gasteiger partial charge in [0.25, 0.3) is 5.69 Å². The Morgan fingerprint density at radius 1 is 1.09 bits per heavy atom. The average molecular weight is 424 g/mol. The number of non-ortho nitro benzene ring substituents is 1. The van der Waals surface area contributed by atoms with Gasteiger partial charge in [0.2, 0.25) is 0 Å². The molecule has 0 fully saturated rings. The standard InChI is InChI=1S/C27H25N3O2/c1-3-29-24-10-5-4-7-20(24)22-14-17(11-12-25(22)29)27-21-9-6-8-19(21)23-15-18(30(31)32)13-16(2)26(23)28-27/h4-8,10-15,19,21,27-28H,3,9H2,1-2H3. The highest BCUT2D eigenvalue weighted by atomic mass is 16.6. The number of nitro groups is 1. The van der Waals surface area contributed by atoms with Crippen LogP contribution in [0, 0.1) is 23.0 Å². The molecule has 0 bridgehead atoms. The number of rotatable bonds is 3. The molecule has 1 aromatic heterocycles. The Morgan fingerprint density at radius 3 is 2.72 bits per heavy atom. The molecule has 160 valence electrons. The second-order valence-electron chi connectivity index (χ2n) is 9.00. The quantitative estimate of drug-likeness (QED) is 0.222. The van der Waals surface area contributed by atoms with Crippen molar-refractivity contribution in [2.24, 2.45) is 5.92 Å². The average Bonchev–Trinajstić information content (AvgIpc) is 3.41. The summed E-state index contributed by atoms with van der Waals surface area (Å²) >= 11 is 0. The first-order valence-corrected chi connectivity index (χ1v) is 11.3. The molecule has 0 radical (unpaired) electrons. The lowest BCUT2D eigenvalue weighted by molar-refractivity contribution is -0.385. The van der Waals surface area contributed by atoms with E-state index < -0.39 is 0 Å². The fourth-order valence-corrected chi connectivity index (χ4v) is 5.91. The van der Waals surface area contributed by atoms with Gasteiger partial charge < -0.3 is 9.88 Å². The van der Waals surface area contributed by atoms with Gasteiger partial charge in [0.15, 0.2) is 0 Å². The van der Waals surface area contributed by atoms with Crippen molar-refractivity contribution in [3.05, 3.63) is 93.6 Å². The molecular formula is C27H25N3O2. The van der Waals surface area contributed by atoms with Crippen LogP contribution in [0.3, 0.4) is 0 Å². The molecule has 5 nitrogen and oxygen atoms in total. The summed E-state index contributed by atoms with van der Waals surface area (Å²) in [5.41, 5.74) is 7.02. The number of para-hydroxylation sites is 1. The molecule has 0 saturated carbocycles. The molecular weight excluding hydrogens is 398 g/mol. The minimum Gasteiger partial charge on any atom is -0.377 e. The van der Waals surface area contributed by atoms with E-state index in [9.17, 15) is 10.1 Å². The van der Waals surface area contributed by atoms with Crippen LogP contribution in [0.4, 0.5) is 11.4 Å². The number of aryl methyl sites for hydroxylation is 2. The number of nitrogens with zero attached hydrogens (tertiary/aromatic N) is 2. The van der Waals surface area contributed by atoms with Gasteiger partial charge in [0.1, 0.15) is 0 Å². The molecule has 1 N–H and O–H groups in total. The Bertz CT molecular complexity index is 1430. The van der Waals surface area contributed by atoms with Crippen LogP contribution in [0.2, 0.25) is 0 Å². The zero-order chi connectivity index (χ0) is 22.0. The Morgan fingerprint density at radius 2 is 1.91 bits per heavy atom. The summed E-state index contributed by atoms with van der Waals surface area (Å²) in [6.07, 6.45) is 5.44. The highest BCUT2D eigenvalue weighted by Gasteiger charge is 2.39. The van der Waals surface area contributed by atoms with Crippen molar-refractivity contribution in [3.8, 4) is 0 Å². The van der Waals surface area contributed by atoms with Gasteiger partial charge in [-0.2, -0.15) is 0 Å². The van der Waals surface area contributed by atoms with Crippen LogP contribution in [0.15, 0.2) is 66.7 Å². The van der Waals surface area contributed by atoms with E-state index in [1.165, 1.54) is 27.4 Å². The van der Waals surface area contributed by atoms with E-state index in [0.717, 1.165) is 29.8 Å². The molecule has 32 heavy (non-hydrogen) atoms. The third kappa shape index (κ3) is 2.63. The van der Waals surface area contributed by atoms with Gasteiger partial charge in [-0.3, -0.25) is 10.1 Å². The van der Waals surface area contributed by atoms with Crippen molar-refractivity contribution >= 4 is 33.2 Å². The number of benzene rings is 3. The largest absolute Gasteiger partial charge is 0.377 e. The van der Waals surface area contributed by atoms with Crippen molar-refractivity contribution in [2.45, 2.75) is 38.8 Å². The molecule has 4 aromatic rings. The number of allylic oxidation sites excluding steroid dienone is 2. The number of fused-ring (bicyclic) bond motifs is 6. The highest BCUT2D eigenvalue weighted by Crippen LogP contribution is 2.51. The van der Waals surface area contributed by atoms with Gasteiger partial charge in [0, 0.05) is 52.1 Å². The van der Waals surface area contributed by atoms with Crippen LogP contribution in [0.25, 0.3) is 21.8 Å². The molecule has 6 rings (SSSR count). The molecule has 3 aromatic carbocycles. The molecule has 1 aliphatic carbocycles. The minimum absolute atomic E-state index is 0.163. The van der Waals surface area contributed by atoms with Gasteiger partial charge in [-0.05, 0) is 61.1 Å². The van der Waals surface area contributed by atoms with Gasteiger partial charge in [-0.15, -0.1) is 0 Å².